The number of hydrogen-bond acceptors (Lipinski definition) is 3. The highest BCUT2D eigenvalue weighted by Crippen LogP contribution is 2.42. The molecule has 0 aliphatic carbocycles. The quantitative estimate of drug-likeness (QED) is 0.618. The Balaban J connectivity index is 1.59. The van der Waals surface area contributed by atoms with Crippen LogP contribution in [-0.2, 0) is 11.3 Å². The zero-order valence-electron chi connectivity index (χ0n) is 16.4. The van der Waals surface area contributed by atoms with Crippen molar-refractivity contribution in [1.29, 1.82) is 0 Å². The molecule has 2 aliphatic rings. The molecule has 0 bridgehead atoms. The number of aromatic nitrogens is 2. The molecule has 2 aliphatic heterocycles. The molecule has 154 valence electrons. The molecule has 0 radical (unpaired) electrons. The number of hydrogen-bond donors (Lipinski definition) is 1. The van der Waals surface area contributed by atoms with Crippen molar-refractivity contribution in [1.82, 2.24) is 14.9 Å². The highest BCUT2D eigenvalue weighted by atomic mass is 32.1. The van der Waals surface area contributed by atoms with Crippen LogP contribution in [-0.4, -0.2) is 27.4 Å². The predicted octanol–water partition coefficient (Wildman–Crippen LogP) is 4.38. The van der Waals surface area contributed by atoms with Gasteiger partial charge >= 0.3 is 0 Å². The largest absolute Gasteiger partial charge is 0.376 e. The van der Waals surface area contributed by atoms with Crippen LogP contribution in [0.25, 0.3) is 0 Å². The molecule has 2 aromatic heterocycles. The molecule has 2 saturated heterocycles. The molecule has 0 unspecified atom stereocenters. The number of anilines is 1. The van der Waals surface area contributed by atoms with Gasteiger partial charge in [0.25, 0.3) is 0 Å². The second-order valence-corrected chi connectivity index (χ2v) is 8.06. The van der Waals surface area contributed by atoms with Gasteiger partial charge in [-0.15, -0.1) is 0 Å². The van der Waals surface area contributed by atoms with Crippen molar-refractivity contribution in [2.24, 2.45) is 0 Å². The summed E-state index contributed by atoms with van der Waals surface area (Å²) in [4.78, 5) is 6.44. The third kappa shape index (κ3) is 3.48. The lowest BCUT2D eigenvalue weighted by Gasteiger charge is -2.29. The molecule has 1 aromatic carbocycles. The molecule has 0 spiro atoms. The molecule has 3 atom stereocenters. The Labute approximate surface area is 180 Å². The van der Waals surface area contributed by atoms with Crippen molar-refractivity contribution in [3.63, 3.8) is 0 Å². The Morgan fingerprint density at radius 3 is 2.77 bits per heavy atom. The van der Waals surface area contributed by atoms with Crippen LogP contribution < -0.4 is 10.2 Å². The molecular formula is C23H23FN4OS. The van der Waals surface area contributed by atoms with Crippen molar-refractivity contribution in [2.75, 3.05) is 11.5 Å². The van der Waals surface area contributed by atoms with Gasteiger partial charge in [0.15, 0.2) is 5.11 Å². The average Bonchev–Trinajstić information content (AvgIpc) is 3.50. The van der Waals surface area contributed by atoms with E-state index in [-0.39, 0.29) is 24.0 Å². The summed E-state index contributed by atoms with van der Waals surface area (Å²) in [6.07, 6.45) is 6.18. The zero-order valence-corrected chi connectivity index (χ0v) is 17.3. The monoisotopic (exact) mass is 422 g/mol. The summed E-state index contributed by atoms with van der Waals surface area (Å²) in [5.41, 5.74) is 2.38. The van der Waals surface area contributed by atoms with Gasteiger partial charge in [0.1, 0.15) is 11.9 Å². The van der Waals surface area contributed by atoms with E-state index in [9.17, 15) is 4.39 Å². The predicted molar refractivity (Wildman–Crippen MR) is 118 cm³/mol. The highest BCUT2D eigenvalue weighted by molar-refractivity contribution is 7.80. The fourth-order valence-corrected chi connectivity index (χ4v) is 4.77. The minimum Gasteiger partial charge on any atom is -0.376 e. The maximum Gasteiger partial charge on any atom is 0.174 e. The summed E-state index contributed by atoms with van der Waals surface area (Å²) < 4.78 is 22.9. The van der Waals surface area contributed by atoms with Crippen LogP contribution in [0.4, 0.5) is 10.1 Å². The molecule has 4 heterocycles. The van der Waals surface area contributed by atoms with Crippen LogP contribution in [0, 0.1) is 5.82 Å². The van der Waals surface area contributed by atoms with Crippen LogP contribution in [0.2, 0.25) is 0 Å². The van der Waals surface area contributed by atoms with E-state index in [1.54, 1.807) is 18.3 Å². The van der Waals surface area contributed by atoms with E-state index < -0.39 is 0 Å². The summed E-state index contributed by atoms with van der Waals surface area (Å²) in [6, 6.07) is 16.3. The van der Waals surface area contributed by atoms with Crippen LogP contribution in [0.15, 0.2) is 67.0 Å². The number of rotatable bonds is 5. The third-order valence-electron chi connectivity index (χ3n) is 5.80. The van der Waals surface area contributed by atoms with E-state index >= 15 is 0 Å². The smallest absolute Gasteiger partial charge is 0.174 e. The number of para-hydroxylation sites is 1. The summed E-state index contributed by atoms with van der Waals surface area (Å²) in [5.74, 6) is -0.300. The van der Waals surface area contributed by atoms with Gasteiger partial charge in [-0.1, -0.05) is 18.2 Å². The van der Waals surface area contributed by atoms with E-state index in [1.165, 1.54) is 6.07 Å². The molecule has 3 aromatic rings. The van der Waals surface area contributed by atoms with Crippen molar-refractivity contribution >= 4 is 23.0 Å². The second-order valence-electron chi connectivity index (χ2n) is 7.67. The molecular weight excluding hydrogens is 399 g/mol. The first-order chi connectivity index (χ1) is 14.7. The topological polar surface area (TPSA) is 42.3 Å². The lowest BCUT2D eigenvalue weighted by molar-refractivity contribution is 0.0961. The fraction of sp³-hybridized carbons (Fsp3) is 0.304. The van der Waals surface area contributed by atoms with Gasteiger partial charge in [-0.3, -0.25) is 4.98 Å². The Hall–Kier alpha value is -2.77. The van der Waals surface area contributed by atoms with E-state index in [1.807, 2.05) is 35.2 Å². The molecule has 2 fully saturated rings. The summed E-state index contributed by atoms with van der Waals surface area (Å²) >= 11 is 5.68. The number of benzene rings is 1. The summed E-state index contributed by atoms with van der Waals surface area (Å²) in [7, 11) is 0. The molecule has 30 heavy (non-hydrogen) atoms. The summed E-state index contributed by atoms with van der Waals surface area (Å²) in [5, 5.41) is 3.88. The lowest BCUT2D eigenvalue weighted by Crippen LogP contribution is -2.31. The van der Waals surface area contributed by atoms with Gasteiger partial charge in [0.05, 0.1) is 23.5 Å². The van der Waals surface area contributed by atoms with E-state index in [0.29, 0.717) is 10.8 Å². The number of nitrogens with one attached hydrogen (secondary N) is 1. The number of nitrogens with zero attached hydrogens (tertiary/aromatic N) is 3. The van der Waals surface area contributed by atoms with E-state index in [0.717, 1.165) is 37.4 Å². The molecule has 0 saturated carbocycles. The second kappa shape index (κ2) is 8.16. The number of halogens is 1. The maximum atomic E-state index is 14.8. The number of thiocarbonyl (C=S) groups is 1. The Morgan fingerprint density at radius 2 is 2.00 bits per heavy atom. The maximum absolute atomic E-state index is 14.8. The standard InChI is InChI=1S/C23H23FN4OS/c24-17-8-1-2-10-19(17)28-22(21(26-23(28)30)18-9-3-4-12-25-18)20-11-5-13-27(20)15-16-7-6-14-29-16/h1-5,8-13,16,21-22H,6-7,14-15H2,(H,26,30)/t16-,21+,22-/m0/s1. The first-order valence-corrected chi connectivity index (χ1v) is 10.6. The van der Waals surface area contributed by atoms with Crippen LogP contribution in [0.1, 0.15) is 36.3 Å². The van der Waals surface area contributed by atoms with Crippen molar-refractivity contribution in [2.45, 2.75) is 37.6 Å². The van der Waals surface area contributed by atoms with Gasteiger partial charge in [-0.05, 0) is 61.5 Å². The Morgan fingerprint density at radius 1 is 1.13 bits per heavy atom. The van der Waals surface area contributed by atoms with Gasteiger partial charge in [-0.2, -0.15) is 0 Å². The number of ether oxygens (including phenoxy) is 1. The first-order valence-electron chi connectivity index (χ1n) is 10.2. The minimum atomic E-state index is -0.300. The van der Waals surface area contributed by atoms with Crippen LogP contribution in [0.5, 0.6) is 0 Å². The van der Waals surface area contributed by atoms with Crippen LogP contribution >= 0.6 is 12.2 Å². The lowest BCUT2D eigenvalue weighted by atomic mass is 10.0. The zero-order chi connectivity index (χ0) is 20.5. The van der Waals surface area contributed by atoms with Gasteiger partial charge in [0.2, 0.25) is 0 Å². The van der Waals surface area contributed by atoms with Crippen molar-refractivity contribution in [3.05, 3.63) is 84.2 Å². The normalized spacial score (nSPS) is 23.7. The SMILES string of the molecule is Fc1ccccc1N1C(=S)N[C@H](c2ccccn2)[C@@H]1c1cccn1C[C@@H]1CCCO1. The highest BCUT2D eigenvalue weighted by Gasteiger charge is 2.43. The van der Waals surface area contributed by atoms with Crippen molar-refractivity contribution < 1.29 is 9.13 Å². The molecule has 7 heteroatoms. The summed E-state index contributed by atoms with van der Waals surface area (Å²) in [6.45, 7) is 1.58. The van der Waals surface area contributed by atoms with Gasteiger partial charge < -0.3 is 19.5 Å². The fourth-order valence-electron chi connectivity index (χ4n) is 4.43. The van der Waals surface area contributed by atoms with Crippen LogP contribution in [0.3, 0.4) is 0 Å². The van der Waals surface area contributed by atoms with Crippen molar-refractivity contribution in [3.8, 4) is 0 Å². The van der Waals surface area contributed by atoms with E-state index in [2.05, 4.69) is 27.1 Å². The van der Waals surface area contributed by atoms with Gasteiger partial charge in [-0.25, -0.2) is 4.39 Å². The van der Waals surface area contributed by atoms with Gasteiger partial charge in [0, 0.05) is 31.2 Å². The number of pyridine rings is 1. The molecule has 5 rings (SSSR count). The molecule has 0 amide bonds. The Kier molecular flexibility index (Phi) is 5.23. The molecule has 1 N–H and O–H groups in total. The van der Waals surface area contributed by atoms with E-state index in [4.69, 9.17) is 17.0 Å². The Bertz CT molecular complexity index is 1030. The third-order valence-corrected chi connectivity index (χ3v) is 6.12. The minimum absolute atomic E-state index is 0.198. The first kappa shape index (κ1) is 19.2. The molecule has 5 nitrogen and oxygen atoms in total. The average molecular weight is 423 g/mol.